The van der Waals surface area contributed by atoms with Crippen LogP contribution in [-0.4, -0.2) is 15.9 Å². The van der Waals surface area contributed by atoms with Crippen LogP contribution in [0.2, 0.25) is 0 Å². The second kappa shape index (κ2) is 6.06. The van der Waals surface area contributed by atoms with Crippen LogP contribution in [0.15, 0.2) is 36.5 Å². The van der Waals surface area contributed by atoms with Crippen molar-refractivity contribution < 1.29 is 4.79 Å². The van der Waals surface area contributed by atoms with Crippen LogP contribution in [0.3, 0.4) is 0 Å². The topological polar surface area (TPSA) is 80.9 Å². The number of benzene rings is 1. The standard InChI is InChI=1S/C14H16N4O/c1-10-17-6-5-13(18-10)9-16-8-11-3-2-4-12(7-11)14(15)19/h2-7,16H,8-9H2,1H3,(H2,15,19). The number of hydrogen-bond donors (Lipinski definition) is 2. The Balaban J connectivity index is 1.92. The molecule has 0 radical (unpaired) electrons. The molecule has 0 aliphatic heterocycles. The third-order valence-electron chi connectivity index (χ3n) is 2.68. The fourth-order valence-electron chi connectivity index (χ4n) is 1.77. The Bertz CT molecular complexity index is 583. The van der Waals surface area contributed by atoms with Crippen molar-refractivity contribution >= 4 is 5.91 Å². The van der Waals surface area contributed by atoms with Gasteiger partial charge in [-0.15, -0.1) is 0 Å². The van der Waals surface area contributed by atoms with Crippen molar-refractivity contribution in [3.8, 4) is 0 Å². The molecule has 2 aromatic rings. The first-order chi connectivity index (χ1) is 9.15. The lowest BCUT2D eigenvalue weighted by atomic mass is 10.1. The maximum absolute atomic E-state index is 11.1. The SMILES string of the molecule is Cc1nccc(CNCc2cccc(C(N)=O)c2)n1. The molecule has 1 amide bonds. The summed E-state index contributed by atoms with van der Waals surface area (Å²) >= 11 is 0. The average molecular weight is 256 g/mol. The van der Waals surface area contributed by atoms with Gasteiger partial charge in [0, 0.05) is 24.8 Å². The van der Waals surface area contributed by atoms with E-state index in [1.807, 2.05) is 25.1 Å². The maximum Gasteiger partial charge on any atom is 0.248 e. The van der Waals surface area contributed by atoms with E-state index in [0.29, 0.717) is 18.7 Å². The van der Waals surface area contributed by atoms with E-state index in [4.69, 9.17) is 5.73 Å². The van der Waals surface area contributed by atoms with E-state index in [1.54, 1.807) is 18.3 Å². The number of nitrogens with two attached hydrogens (primary N) is 1. The lowest BCUT2D eigenvalue weighted by molar-refractivity contribution is 0.1000. The quantitative estimate of drug-likeness (QED) is 0.841. The Labute approximate surface area is 111 Å². The molecular weight excluding hydrogens is 240 g/mol. The minimum Gasteiger partial charge on any atom is -0.366 e. The van der Waals surface area contributed by atoms with Crippen LogP contribution >= 0.6 is 0 Å². The largest absolute Gasteiger partial charge is 0.366 e. The molecule has 0 fully saturated rings. The lowest BCUT2D eigenvalue weighted by Gasteiger charge is -2.06. The predicted octanol–water partition coefficient (Wildman–Crippen LogP) is 1.17. The van der Waals surface area contributed by atoms with Gasteiger partial charge in [-0.3, -0.25) is 4.79 Å². The first kappa shape index (κ1) is 13.2. The van der Waals surface area contributed by atoms with Crippen LogP contribution in [0.5, 0.6) is 0 Å². The van der Waals surface area contributed by atoms with E-state index in [2.05, 4.69) is 15.3 Å². The molecule has 5 heteroatoms. The van der Waals surface area contributed by atoms with Crippen LogP contribution in [0.25, 0.3) is 0 Å². The van der Waals surface area contributed by atoms with Crippen molar-refractivity contribution in [3.63, 3.8) is 0 Å². The van der Waals surface area contributed by atoms with E-state index >= 15 is 0 Å². The van der Waals surface area contributed by atoms with E-state index < -0.39 is 5.91 Å². The van der Waals surface area contributed by atoms with Gasteiger partial charge in [0.25, 0.3) is 0 Å². The molecule has 0 aliphatic carbocycles. The molecule has 1 aromatic carbocycles. The number of carbonyl (C=O) groups excluding carboxylic acids is 1. The second-order valence-corrected chi connectivity index (χ2v) is 4.26. The first-order valence-electron chi connectivity index (χ1n) is 6.03. The van der Waals surface area contributed by atoms with E-state index in [1.165, 1.54) is 0 Å². The molecule has 0 atom stereocenters. The van der Waals surface area contributed by atoms with Gasteiger partial charge >= 0.3 is 0 Å². The summed E-state index contributed by atoms with van der Waals surface area (Å²) in [5, 5.41) is 3.27. The van der Waals surface area contributed by atoms with E-state index in [-0.39, 0.29) is 0 Å². The molecule has 2 rings (SSSR count). The van der Waals surface area contributed by atoms with Crippen LogP contribution in [0.4, 0.5) is 0 Å². The van der Waals surface area contributed by atoms with Crippen molar-refractivity contribution in [2.75, 3.05) is 0 Å². The van der Waals surface area contributed by atoms with Crippen molar-refractivity contribution in [1.82, 2.24) is 15.3 Å². The minimum absolute atomic E-state index is 0.409. The third-order valence-corrected chi connectivity index (χ3v) is 2.68. The fourth-order valence-corrected chi connectivity index (χ4v) is 1.77. The van der Waals surface area contributed by atoms with Gasteiger partial charge in [-0.05, 0) is 30.7 Å². The average Bonchev–Trinajstić information content (AvgIpc) is 2.39. The summed E-state index contributed by atoms with van der Waals surface area (Å²) in [4.78, 5) is 19.4. The third kappa shape index (κ3) is 3.86. The second-order valence-electron chi connectivity index (χ2n) is 4.26. The van der Waals surface area contributed by atoms with Crippen LogP contribution in [-0.2, 0) is 13.1 Å². The molecular formula is C14H16N4O. The van der Waals surface area contributed by atoms with E-state index in [0.717, 1.165) is 17.1 Å². The van der Waals surface area contributed by atoms with Gasteiger partial charge in [-0.1, -0.05) is 12.1 Å². The molecule has 1 aromatic heterocycles. The minimum atomic E-state index is -0.409. The molecule has 0 saturated heterocycles. The van der Waals surface area contributed by atoms with Crippen molar-refractivity contribution in [1.29, 1.82) is 0 Å². The zero-order valence-corrected chi connectivity index (χ0v) is 10.8. The number of aromatic nitrogens is 2. The molecule has 1 heterocycles. The van der Waals surface area contributed by atoms with Crippen LogP contribution < -0.4 is 11.1 Å². The molecule has 0 saturated carbocycles. The molecule has 98 valence electrons. The number of carbonyl (C=O) groups is 1. The molecule has 5 nitrogen and oxygen atoms in total. The summed E-state index contributed by atoms with van der Waals surface area (Å²) in [6.45, 7) is 3.17. The van der Waals surface area contributed by atoms with Gasteiger partial charge in [-0.25, -0.2) is 9.97 Å². The highest BCUT2D eigenvalue weighted by Crippen LogP contribution is 2.05. The smallest absolute Gasteiger partial charge is 0.248 e. The molecule has 19 heavy (non-hydrogen) atoms. The summed E-state index contributed by atoms with van der Waals surface area (Å²) < 4.78 is 0. The predicted molar refractivity (Wildman–Crippen MR) is 72.3 cm³/mol. The Morgan fingerprint density at radius 2 is 2.16 bits per heavy atom. The highest BCUT2D eigenvalue weighted by molar-refractivity contribution is 5.92. The summed E-state index contributed by atoms with van der Waals surface area (Å²) in [6, 6.07) is 9.15. The maximum atomic E-state index is 11.1. The number of primary amides is 1. The number of nitrogens with zero attached hydrogens (tertiary/aromatic N) is 2. The summed E-state index contributed by atoms with van der Waals surface area (Å²) in [6.07, 6.45) is 1.74. The van der Waals surface area contributed by atoms with Crippen molar-refractivity contribution in [2.45, 2.75) is 20.0 Å². The highest BCUT2D eigenvalue weighted by atomic mass is 16.1. The number of nitrogens with one attached hydrogen (secondary N) is 1. The van der Waals surface area contributed by atoms with E-state index in [9.17, 15) is 4.79 Å². The van der Waals surface area contributed by atoms with Gasteiger partial charge in [0.2, 0.25) is 5.91 Å². The van der Waals surface area contributed by atoms with Crippen molar-refractivity contribution in [3.05, 3.63) is 59.2 Å². The molecule has 3 N–H and O–H groups in total. The normalized spacial score (nSPS) is 10.4. The first-order valence-corrected chi connectivity index (χ1v) is 6.03. The van der Waals surface area contributed by atoms with Gasteiger partial charge in [-0.2, -0.15) is 0 Å². The Hall–Kier alpha value is -2.27. The number of aryl methyl sites for hydroxylation is 1. The molecule has 0 unspecified atom stereocenters. The van der Waals surface area contributed by atoms with Gasteiger partial charge < -0.3 is 11.1 Å². The van der Waals surface area contributed by atoms with Crippen LogP contribution in [0.1, 0.15) is 27.4 Å². The Kier molecular flexibility index (Phi) is 4.20. The Morgan fingerprint density at radius 3 is 2.89 bits per heavy atom. The van der Waals surface area contributed by atoms with Crippen molar-refractivity contribution in [2.24, 2.45) is 5.73 Å². The number of amides is 1. The monoisotopic (exact) mass is 256 g/mol. The lowest BCUT2D eigenvalue weighted by Crippen LogP contribution is -2.15. The summed E-state index contributed by atoms with van der Waals surface area (Å²) in [5.41, 5.74) is 7.73. The molecule has 0 bridgehead atoms. The summed E-state index contributed by atoms with van der Waals surface area (Å²) in [5.74, 6) is 0.350. The van der Waals surface area contributed by atoms with Gasteiger partial charge in [0.05, 0.1) is 5.69 Å². The number of hydrogen-bond acceptors (Lipinski definition) is 4. The zero-order chi connectivity index (χ0) is 13.7. The highest BCUT2D eigenvalue weighted by Gasteiger charge is 2.01. The zero-order valence-electron chi connectivity index (χ0n) is 10.8. The number of rotatable bonds is 5. The molecule has 0 spiro atoms. The Morgan fingerprint density at radius 1 is 1.32 bits per heavy atom. The summed E-state index contributed by atoms with van der Waals surface area (Å²) in [7, 11) is 0. The fraction of sp³-hybridized carbons (Fsp3) is 0.214. The van der Waals surface area contributed by atoms with Gasteiger partial charge in [0.15, 0.2) is 0 Å². The van der Waals surface area contributed by atoms with Crippen LogP contribution in [0, 0.1) is 6.92 Å². The van der Waals surface area contributed by atoms with Gasteiger partial charge in [0.1, 0.15) is 5.82 Å². The molecule has 0 aliphatic rings.